The van der Waals surface area contributed by atoms with Crippen LogP contribution in [0.15, 0.2) is 45.7 Å². The van der Waals surface area contributed by atoms with Crippen molar-refractivity contribution in [3.05, 3.63) is 63.8 Å². The SMILES string of the molecule is COc1cc(OC)c2c(C)c(CC(=O)N3CCN(CCc4ccccn4)CC3)c(=O)oc2c1. The van der Waals surface area contributed by atoms with Gasteiger partial charge in [0, 0.05) is 63.2 Å². The van der Waals surface area contributed by atoms with Crippen molar-refractivity contribution in [3.63, 3.8) is 0 Å². The fraction of sp³-hybridized carbons (Fsp3) is 0.400. The lowest BCUT2D eigenvalue weighted by molar-refractivity contribution is -0.132. The van der Waals surface area contributed by atoms with Crippen molar-refractivity contribution in [1.29, 1.82) is 0 Å². The molecule has 1 aliphatic rings. The zero-order valence-electron chi connectivity index (χ0n) is 19.3. The third kappa shape index (κ3) is 5.01. The summed E-state index contributed by atoms with van der Waals surface area (Å²) in [4.78, 5) is 34.3. The predicted molar refractivity (Wildman–Crippen MR) is 125 cm³/mol. The lowest BCUT2D eigenvalue weighted by Gasteiger charge is -2.34. The van der Waals surface area contributed by atoms with Gasteiger partial charge in [0.1, 0.15) is 17.1 Å². The molecule has 0 radical (unpaired) electrons. The molecule has 33 heavy (non-hydrogen) atoms. The molecule has 4 rings (SSSR count). The minimum absolute atomic E-state index is 0.00717. The van der Waals surface area contributed by atoms with Gasteiger partial charge in [0.05, 0.1) is 31.6 Å². The van der Waals surface area contributed by atoms with Crippen LogP contribution in [0.1, 0.15) is 16.8 Å². The molecule has 1 amide bonds. The summed E-state index contributed by atoms with van der Waals surface area (Å²) in [5.74, 6) is 1.01. The van der Waals surface area contributed by atoms with E-state index in [2.05, 4.69) is 9.88 Å². The largest absolute Gasteiger partial charge is 0.496 e. The highest BCUT2D eigenvalue weighted by atomic mass is 16.5. The molecule has 8 nitrogen and oxygen atoms in total. The molecule has 0 saturated carbocycles. The van der Waals surface area contributed by atoms with E-state index in [9.17, 15) is 9.59 Å². The third-order valence-electron chi connectivity index (χ3n) is 6.24. The van der Waals surface area contributed by atoms with Crippen LogP contribution < -0.4 is 15.1 Å². The quantitative estimate of drug-likeness (QED) is 0.510. The van der Waals surface area contributed by atoms with Crippen LogP contribution in [0.4, 0.5) is 0 Å². The molecule has 0 unspecified atom stereocenters. The number of amides is 1. The molecule has 3 heterocycles. The monoisotopic (exact) mass is 451 g/mol. The Morgan fingerprint density at radius 2 is 1.91 bits per heavy atom. The van der Waals surface area contributed by atoms with Gasteiger partial charge < -0.3 is 18.8 Å². The number of pyridine rings is 1. The van der Waals surface area contributed by atoms with Gasteiger partial charge in [0.15, 0.2) is 0 Å². The summed E-state index contributed by atoms with van der Waals surface area (Å²) in [6, 6.07) is 9.34. The minimum Gasteiger partial charge on any atom is -0.496 e. The summed E-state index contributed by atoms with van der Waals surface area (Å²) >= 11 is 0. The zero-order chi connectivity index (χ0) is 23.4. The average molecular weight is 452 g/mol. The Balaban J connectivity index is 1.43. The fourth-order valence-corrected chi connectivity index (χ4v) is 4.27. The minimum atomic E-state index is -0.502. The molecule has 8 heteroatoms. The molecule has 3 aromatic rings. The van der Waals surface area contributed by atoms with E-state index in [1.54, 1.807) is 19.2 Å². The van der Waals surface area contributed by atoms with Crippen molar-refractivity contribution in [2.75, 3.05) is 46.9 Å². The third-order valence-corrected chi connectivity index (χ3v) is 6.24. The number of hydrogen-bond acceptors (Lipinski definition) is 7. The standard InChI is InChI=1S/C25H29N3O5/c1-17-20(25(30)33-22-15-19(31-2)14-21(32-3)24(17)22)16-23(29)28-12-10-27(11-13-28)9-7-18-6-4-5-8-26-18/h4-6,8,14-15H,7,9-13,16H2,1-3H3. The number of benzene rings is 1. The fourth-order valence-electron chi connectivity index (χ4n) is 4.27. The lowest BCUT2D eigenvalue weighted by Crippen LogP contribution is -2.49. The second-order valence-corrected chi connectivity index (χ2v) is 8.17. The highest BCUT2D eigenvalue weighted by Crippen LogP contribution is 2.33. The van der Waals surface area contributed by atoms with Crippen LogP contribution in [0.25, 0.3) is 11.0 Å². The number of piperazine rings is 1. The zero-order valence-corrected chi connectivity index (χ0v) is 19.3. The Kier molecular flexibility index (Phi) is 6.93. The molecule has 1 aromatic carbocycles. The number of fused-ring (bicyclic) bond motifs is 1. The Hall–Kier alpha value is -3.39. The van der Waals surface area contributed by atoms with E-state index in [-0.39, 0.29) is 12.3 Å². The van der Waals surface area contributed by atoms with Crippen molar-refractivity contribution in [3.8, 4) is 11.5 Å². The number of nitrogens with zero attached hydrogens (tertiary/aromatic N) is 3. The maximum absolute atomic E-state index is 13.0. The van der Waals surface area contributed by atoms with Gasteiger partial charge in [-0.1, -0.05) is 6.07 Å². The van der Waals surface area contributed by atoms with Crippen LogP contribution in [0.2, 0.25) is 0 Å². The molecule has 0 bridgehead atoms. The van der Waals surface area contributed by atoms with Crippen LogP contribution in [0.3, 0.4) is 0 Å². The first-order valence-electron chi connectivity index (χ1n) is 11.1. The second kappa shape index (κ2) is 10.0. The van der Waals surface area contributed by atoms with Crippen molar-refractivity contribution < 1.29 is 18.7 Å². The van der Waals surface area contributed by atoms with Crippen LogP contribution >= 0.6 is 0 Å². The summed E-state index contributed by atoms with van der Waals surface area (Å²) in [6.45, 7) is 5.62. The maximum atomic E-state index is 13.0. The van der Waals surface area contributed by atoms with Crippen LogP contribution in [0, 0.1) is 6.92 Å². The highest BCUT2D eigenvalue weighted by Gasteiger charge is 2.24. The van der Waals surface area contributed by atoms with Crippen molar-refractivity contribution >= 4 is 16.9 Å². The van der Waals surface area contributed by atoms with Gasteiger partial charge >= 0.3 is 5.63 Å². The smallest absolute Gasteiger partial charge is 0.340 e. The number of hydrogen-bond donors (Lipinski definition) is 0. The van der Waals surface area contributed by atoms with Gasteiger partial charge in [-0.25, -0.2) is 4.79 Å². The van der Waals surface area contributed by atoms with E-state index >= 15 is 0 Å². The Bertz CT molecular complexity index is 1180. The number of aromatic nitrogens is 1. The van der Waals surface area contributed by atoms with Gasteiger partial charge in [-0.2, -0.15) is 0 Å². The molecule has 174 valence electrons. The molecule has 2 aromatic heterocycles. The number of aryl methyl sites for hydroxylation is 1. The van der Waals surface area contributed by atoms with E-state index in [0.29, 0.717) is 46.7 Å². The molecule has 0 spiro atoms. The molecule has 1 aliphatic heterocycles. The summed E-state index contributed by atoms with van der Waals surface area (Å²) in [5, 5.41) is 0.681. The Labute approximate surface area is 192 Å². The average Bonchev–Trinajstić information content (AvgIpc) is 2.85. The highest BCUT2D eigenvalue weighted by molar-refractivity contribution is 5.90. The summed E-state index contributed by atoms with van der Waals surface area (Å²) in [6.07, 6.45) is 2.70. The first-order chi connectivity index (χ1) is 16.0. The second-order valence-electron chi connectivity index (χ2n) is 8.17. The molecule has 0 atom stereocenters. The predicted octanol–water partition coefficient (Wildman–Crippen LogP) is 2.44. The molecule has 0 aliphatic carbocycles. The number of carbonyl (C=O) groups is 1. The van der Waals surface area contributed by atoms with E-state index in [1.165, 1.54) is 7.11 Å². The molecule has 1 fully saturated rings. The Morgan fingerprint density at radius 3 is 2.58 bits per heavy atom. The van der Waals surface area contributed by atoms with Gasteiger partial charge in [-0.15, -0.1) is 0 Å². The summed E-state index contributed by atoms with van der Waals surface area (Å²) in [5.41, 5.74) is 2.02. The Morgan fingerprint density at radius 1 is 1.12 bits per heavy atom. The maximum Gasteiger partial charge on any atom is 0.340 e. The molecule has 1 saturated heterocycles. The molecule has 0 N–H and O–H groups in total. The summed E-state index contributed by atoms with van der Waals surface area (Å²) < 4.78 is 16.3. The number of ether oxygens (including phenoxy) is 2. The number of methoxy groups -OCH3 is 2. The number of carbonyl (C=O) groups excluding carboxylic acids is 1. The van der Waals surface area contributed by atoms with Crippen LogP contribution in [-0.4, -0.2) is 67.6 Å². The van der Waals surface area contributed by atoms with Crippen molar-refractivity contribution in [2.45, 2.75) is 19.8 Å². The summed E-state index contributed by atoms with van der Waals surface area (Å²) in [7, 11) is 3.09. The molecular formula is C25H29N3O5. The van der Waals surface area contributed by atoms with Gasteiger partial charge in [-0.3, -0.25) is 14.7 Å². The first-order valence-corrected chi connectivity index (χ1v) is 11.1. The van der Waals surface area contributed by atoms with Gasteiger partial charge in [-0.05, 0) is 24.6 Å². The normalized spacial score (nSPS) is 14.5. The molecular weight excluding hydrogens is 422 g/mol. The topological polar surface area (TPSA) is 85.1 Å². The van der Waals surface area contributed by atoms with Gasteiger partial charge in [0.2, 0.25) is 5.91 Å². The van der Waals surface area contributed by atoms with E-state index in [0.717, 1.165) is 31.7 Å². The van der Waals surface area contributed by atoms with Crippen LogP contribution in [0.5, 0.6) is 11.5 Å². The van der Waals surface area contributed by atoms with Gasteiger partial charge in [0.25, 0.3) is 0 Å². The van der Waals surface area contributed by atoms with E-state index in [1.807, 2.05) is 36.2 Å². The van der Waals surface area contributed by atoms with Crippen LogP contribution in [-0.2, 0) is 17.6 Å². The first kappa shape index (κ1) is 22.8. The van der Waals surface area contributed by atoms with Crippen molar-refractivity contribution in [1.82, 2.24) is 14.8 Å². The lowest BCUT2D eigenvalue weighted by atomic mass is 10.0. The van der Waals surface area contributed by atoms with E-state index < -0.39 is 5.63 Å². The number of rotatable bonds is 7. The van der Waals surface area contributed by atoms with Crippen molar-refractivity contribution in [2.24, 2.45) is 0 Å². The van der Waals surface area contributed by atoms with E-state index in [4.69, 9.17) is 13.9 Å².